The van der Waals surface area contributed by atoms with E-state index in [0.29, 0.717) is 5.56 Å². The molecule has 78 valence electrons. The number of rotatable bonds is 2. The Balaban J connectivity index is 3.04. The summed E-state index contributed by atoms with van der Waals surface area (Å²) in [5.74, 6) is -0.818. The van der Waals surface area contributed by atoms with E-state index in [1.54, 1.807) is 0 Å². The van der Waals surface area contributed by atoms with Crippen molar-refractivity contribution in [3.8, 4) is 6.07 Å². The fraction of sp³-hybridized carbons (Fsp3) is 0.200. The van der Waals surface area contributed by atoms with Crippen molar-refractivity contribution in [2.75, 3.05) is 0 Å². The second kappa shape index (κ2) is 4.53. The molecule has 1 rings (SSSR count). The number of benzene rings is 1. The lowest BCUT2D eigenvalue weighted by Gasteiger charge is -2.13. The third-order valence-electron chi connectivity index (χ3n) is 1.83. The monoisotopic (exact) mass is 207 g/mol. The summed E-state index contributed by atoms with van der Waals surface area (Å²) in [7, 11) is 0. The van der Waals surface area contributed by atoms with Gasteiger partial charge in [-0.25, -0.2) is 4.39 Å². The standard InChI is InChI=1S/C10H10FN3O/c1-6(15)14-10(13)9-3-2-8(11)4-7(9)5-12/h2-4,10H,13H2,1H3,(H,14,15). The molecule has 0 aromatic heterocycles. The van der Waals surface area contributed by atoms with Gasteiger partial charge in [0.25, 0.3) is 0 Å². The first-order valence-electron chi connectivity index (χ1n) is 4.27. The fourth-order valence-electron chi connectivity index (χ4n) is 1.19. The molecule has 0 bridgehead atoms. The van der Waals surface area contributed by atoms with Crippen LogP contribution in [-0.4, -0.2) is 5.91 Å². The highest BCUT2D eigenvalue weighted by atomic mass is 19.1. The van der Waals surface area contributed by atoms with Crippen molar-refractivity contribution >= 4 is 5.91 Å². The molecule has 15 heavy (non-hydrogen) atoms. The maximum atomic E-state index is 12.8. The normalized spacial score (nSPS) is 11.6. The lowest BCUT2D eigenvalue weighted by Crippen LogP contribution is -2.32. The maximum absolute atomic E-state index is 12.8. The van der Waals surface area contributed by atoms with Crippen LogP contribution in [0.3, 0.4) is 0 Å². The summed E-state index contributed by atoms with van der Waals surface area (Å²) < 4.78 is 12.8. The predicted molar refractivity (Wildman–Crippen MR) is 51.9 cm³/mol. The molecule has 1 amide bonds. The Morgan fingerprint density at radius 2 is 2.33 bits per heavy atom. The van der Waals surface area contributed by atoms with Gasteiger partial charge in [-0.05, 0) is 12.1 Å². The molecule has 1 unspecified atom stereocenters. The number of carbonyl (C=O) groups is 1. The van der Waals surface area contributed by atoms with Gasteiger partial charge >= 0.3 is 0 Å². The van der Waals surface area contributed by atoms with Gasteiger partial charge in [0.05, 0.1) is 11.6 Å². The van der Waals surface area contributed by atoms with Gasteiger partial charge in [0, 0.05) is 12.5 Å². The van der Waals surface area contributed by atoms with Crippen LogP contribution in [0.15, 0.2) is 18.2 Å². The maximum Gasteiger partial charge on any atom is 0.218 e. The number of amides is 1. The minimum Gasteiger partial charge on any atom is -0.337 e. The van der Waals surface area contributed by atoms with E-state index in [1.165, 1.54) is 19.1 Å². The van der Waals surface area contributed by atoms with Gasteiger partial charge in [-0.2, -0.15) is 5.26 Å². The summed E-state index contributed by atoms with van der Waals surface area (Å²) in [6.45, 7) is 1.31. The highest BCUT2D eigenvalue weighted by molar-refractivity contribution is 5.73. The lowest BCUT2D eigenvalue weighted by molar-refractivity contribution is -0.119. The molecule has 1 aromatic carbocycles. The fourth-order valence-corrected chi connectivity index (χ4v) is 1.19. The van der Waals surface area contributed by atoms with E-state index in [-0.39, 0.29) is 11.5 Å². The Labute approximate surface area is 86.5 Å². The van der Waals surface area contributed by atoms with Crippen LogP contribution in [0.1, 0.15) is 24.2 Å². The Morgan fingerprint density at radius 1 is 1.67 bits per heavy atom. The molecule has 0 spiro atoms. The average Bonchev–Trinajstić information content (AvgIpc) is 2.16. The van der Waals surface area contributed by atoms with Crippen molar-refractivity contribution in [2.45, 2.75) is 13.1 Å². The van der Waals surface area contributed by atoms with Crippen LogP contribution in [0.4, 0.5) is 4.39 Å². The smallest absolute Gasteiger partial charge is 0.218 e. The lowest BCUT2D eigenvalue weighted by atomic mass is 10.1. The second-order valence-corrected chi connectivity index (χ2v) is 3.02. The summed E-state index contributed by atoms with van der Waals surface area (Å²) >= 11 is 0. The number of carbonyl (C=O) groups excluding carboxylic acids is 1. The Kier molecular flexibility index (Phi) is 3.37. The van der Waals surface area contributed by atoms with Crippen LogP contribution < -0.4 is 11.1 Å². The molecule has 3 N–H and O–H groups in total. The minimum atomic E-state index is -0.794. The van der Waals surface area contributed by atoms with E-state index in [1.807, 2.05) is 6.07 Å². The molecule has 0 saturated carbocycles. The zero-order valence-corrected chi connectivity index (χ0v) is 8.12. The topological polar surface area (TPSA) is 78.9 Å². The number of hydrogen-bond donors (Lipinski definition) is 2. The van der Waals surface area contributed by atoms with E-state index >= 15 is 0 Å². The van der Waals surface area contributed by atoms with Crippen molar-refractivity contribution in [3.63, 3.8) is 0 Å². The van der Waals surface area contributed by atoms with Crippen LogP contribution in [0.25, 0.3) is 0 Å². The summed E-state index contributed by atoms with van der Waals surface area (Å²) in [6.07, 6.45) is -0.794. The highest BCUT2D eigenvalue weighted by Gasteiger charge is 2.12. The first kappa shape index (κ1) is 11.1. The zero-order chi connectivity index (χ0) is 11.4. The molecule has 4 nitrogen and oxygen atoms in total. The van der Waals surface area contributed by atoms with Gasteiger partial charge in [-0.15, -0.1) is 0 Å². The average molecular weight is 207 g/mol. The van der Waals surface area contributed by atoms with Crippen LogP contribution in [-0.2, 0) is 4.79 Å². The number of nitrogens with two attached hydrogens (primary N) is 1. The van der Waals surface area contributed by atoms with Gasteiger partial charge in [0.2, 0.25) is 5.91 Å². The minimum absolute atomic E-state index is 0.122. The molecule has 5 heteroatoms. The molecular weight excluding hydrogens is 197 g/mol. The van der Waals surface area contributed by atoms with Crippen LogP contribution >= 0.6 is 0 Å². The zero-order valence-electron chi connectivity index (χ0n) is 8.12. The van der Waals surface area contributed by atoms with Gasteiger partial charge < -0.3 is 11.1 Å². The second-order valence-electron chi connectivity index (χ2n) is 3.02. The van der Waals surface area contributed by atoms with Crippen molar-refractivity contribution in [1.82, 2.24) is 5.32 Å². The Morgan fingerprint density at radius 3 is 2.87 bits per heavy atom. The number of nitrogens with zero attached hydrogens (tertiary/aromatic N) is 1. The molecule has 0 heterocycles. The summed E-state index contributed by atoms with van der Waals surface area (Å²) in [5.41, 5.74) is 6.14. The molecule has 0 aliphatic carbocycles. The molecular formula is C10H10FN3O. The van der Waals surface area contributed by atoms with Gasteiger partial charge in [-0.1, -0.05) is 6.07 Å². The molecule has 0 saturated heterocycles. The van der Waals surface area contributed by atoms with Gasteiger partial charge in [0.15, 0.2) is 0 Å². The van der Waals surface area contributed by atoms with E-state index < -0.39 is 12.0 Å². The van der Waals surface area contributed by atoms with E-state index in [9.17, 15) is 9.18 Å². The van der Waals surface area contributed by atoms with Crippen LogP contribution in [0.5, 0.6) is 0 Å². The number of nitriles is 1. The predicted octanol–water partition coefficient (Wildman–Crippen LogP) is 0.791. The quantitative estimate of drug-likeness (QED) is 0.703. The first-order chi connectivity index (χ1) is 7.04. The molecule has 1 atom stereocenters. The summed E-state index contributed by atoms with van der Waals surface area (Å²) in [5, 5.41) is 11.2. The molecule has 0 aliphatic rings. The van der Waals surface area contributed by atoms with E-state index in [2.05, 4.69) is 5.32 Å². The van der Waals surface area contributed by atoms with Crippen molar-refractivity contribution in [3.05, 3.63) is 35.1 Å². The van der Waals surface area contributed by atoms with Crippen LogP contribution in [0.2, 0.25) is 0 Å². The number of halogens is 1. The van der Waals surface area contributed by atoms with Crippen molar-refractivity contribution < 1.29 is 9.18 Å². The summed E-state index contributed by atoms with van der Waals surface area (Å²) in [6, 6.07) is 5.48. The first-order valence-corrected chi connectivity index (χ1v) is 4.27. The molecule has 0 fully saturated rings. The Hall–Kier alpha value is -1.93. The van der Waals surface area contributed by atoms with Crippen molar-refractivity contribution in [1.29, 1.82) is 5.26 Å². The summed E-state index contributed by atoms with van der Waals surface area (Å²) in [4.78, 5) is 10.7. The van der Waals surface area contributed by atoms with Gasteiger partial charge in [0.1, 0.15) is 12.0 Å². The highest BCUT2D eigenvalue weighted by Crippen LogP contribution is 2.15. The third kappa shape index (κ3) is 2.76. The van der Waals surface area contributed by atoms with Crippen LogP contribution in [0, 0.1) is 17.1 Å². The van der Waals surface area contributed by atoms with Crippen molar-refractivity contribution in [2.24, 2.45) is 5.73 Å². The SMILES string of the molecule is CC(=O)NC(N)c1ccc(F)cc1C#N. The Bertz CT molecular complexity index is 425. The van der Waals surface area contributed by atoms with Gasteiger partial charge in [-0.3, -0.25) is 4.79 Å². The molecule has 0 aliphatic heterocycles. The molecule has 0 radical (unpaired) electrons. The largest absolute Gasteiger partial charge is 0.337 e. The number of nitrogens with one attached hydrogen (secondary N) is 1. The third-order valence-corrected chi connectivity index (χ3v) is 1.83. The van der Waals surface area contributed by atoms with E-state index in [0.717, 1.165) is 6.07 Å². The molecule has 1 aromatic rings. The number of hydrogen-bond acceptors (Lipinski definition) is 3. The van der Waals surface area contributed by atoms with E-state index in [4.69, 9.17) is 11.0 Å².